The van der Waals surface area contributed by atoms with Gasteiger partial charge >= 0.3 is 11.8 Å². The molecule has 0 spiro atoms. The van der Waals surface area contributed by atoms with Crippen LogP contribution in [-0.2, 0) is 0 Å². The summed E-state index contributed by atoms with van der Waals surface area (Å²) in [5, 5.41) is 13.9. The van der Waals surface area contributed by atoms with Gasteiger partial charge in [-0.05, 0) is 18.2 Å². The summed E-state index contributed by atoms with van der Waals surface area (Å²) in [6.07, 6.45) is 2.50. The summed E-state index contributed by atoms with van der Waals surface area (Å²) in [6.45, 7) is 0. The molecule has 2 heterocycles. The molecule has 8 heteroatoms. The molecule has 0 aromatic carbocycles. The third-order valence-electron chi connectivity index (χ3n) is 1.90. The maximum Gasteiger partial charge on any atom is 0.433 e. The molecule has 0 saturated heterocycles. The van der Waals surface area contributed by atoms with E-state index < -0.39 is 16.7 Å². The van der Waals surface area contributed by atoms with Gasteiger partial charge in [0.2, 0.25) is 0 Å². The van der Waals surface area contributed by atoms with Crippen LogP contribution < -0.4 is 5.43 Å². The van der Waals surface area contributed by atoms with E-state index in [-0.39, 0.29) is 11.5 Å². The van der Waals surface area contributed by atoms with E-state index in [0.29, 0.717) is 0 Å². The second-order valence-corrected chi connectivity index (χ2v) is 3.11. The predicted molar refractivity (Wildman–Crippen MR) is 59.1 cm³/mol. The zero-order valence-electron chi connectivity index (χ0n) is 8.90. The van der Waals surface area contributed by atoms with E-state index in [1.807, 2.05) is 0 Å². The third-order valence-corrected chi connectivity index (χ3v) is 1.90. The summed E-state index contributed by atoms with van der Waals surface area (Å²) in [5.41, 5.74) is 2.18. The first-order valence-electron chi connectivity index (χ1n) is 4.78. The number of hydrazone groups is 1. The highest BCUT2D eigenvalue weighted by Gasteiger charge is 2.10. The minimum absolute atomic E-state index is 0.109. The van der Waals surface area contributed by atoms with Crippen LogP contribution in [0.5, 0.6) is 0 Å². The highest BCUT2D eigenvalue weighted by atomic mass is 16.6. The Morgan fingerprint density at radius 2 is 2.28 bits per heavy atom. The van der Waals surface area contributed by atoms with Crippen molar-refractivity contribution in [3.8, 4) is 0 Å². The zero-order valence-corrected chi connectivity index (χ0v) is 8.90. The van der Waals surface area contributed by atoms with E-state index in [1.54, 1.807) is 6.07 Å². The molecule has 0 saturated carbocycles. The Hall–Kier alpha value is -2.90. The number of carbonyl (C=O) groups excluding carboxylic acids is 1. The van der Waals surface area contributed by atoms with Gasteiger partial charge in [-0.2, -0.15) is 5.10 Å². The number of amides is 1. The number of hydrogen-bond acceptors (Lipinski definition) is 6. The minimum Gasteiger partial charge on any atom is -0.459 e. The maximum atomic E-state index is 11.4. The summed E-state index contributed by atoms with van der Waals surface area (Å²) in [4.78, 5) is 21.0. The molecule has 0 radical (unpaired) electrons. The lowest BCUT2D eigenvalue weighted by Crippen LogP contribution is -2.16. The first-order valence-corrected chi connectivity index (χ1v) is 4.78. The lowest BCUT2D eigenvalue weighted by molar-refractivity contribution is -0.402. The van der Waals surface area contributed by atoms with Crippen molar-refractivity contribution in [2.75, 3.05) is 0 Å². The first kappa shape index (κ1) is 11.6. The molecule has 0 atom stereocenters. The standard InChI is InChI=1S/C10H7N3O5/c14-10(8-2-1-5-17-8)12-11-6-7-3-4-9(18-7)13(15)16/h1-6H,(H,12,14). The molecule has 2 rings (SSSR count). The Morgan fingerprint density at radius 3 is 2.89 bits per heavy atom. The average molecular weight is 249 g/mol. The van der Waals surface area contributed by atoms with Gasteiger partial charge in [-0.3, -0.25) is 14.9 Å². The molecule has 92 valence electrons. The van der Waals surface area contributed by atoms with Gasteiger partial charge in [0.1, 0.15) is 4.92 Å². The van der Waals surface area contributed by atoms with E-state index in [9.17, 15) is 14.9 Å². The summed E-state index contributed by atoms with van der Waals surface area (Å²) in [6, 6.07) is 5.59. The van der Waals surface area contributed by atoms with Gasteiger partial charge in [-0.15, -0.1) is 0 Å². The highest BCUT2D eigenvalue weighted by molar-refractivity contribution is 5.92. The van der Waals surface area contributed by atoms with Gasteiger partial charge in [0.05, 0.1) is 18.5 Å². The van der Waals surface area contributed by atoms with Crippen molar-refractivity contribution < 1.29 is 18.6 Å². The number of hydrogen-bond donors (Lipinski definition) is 1. The first-order chi connectivity index (χ1) is 8.66. The number of nitrogens with one attached hydrogen (secondary N) is 1. The van der Waals surface area contributed by atoms with Crippen LogP contribution in [0.25, 0.3) is 0 Å². The van der Waals surface area contributed by atoms with Crippen molar-refractivity contribution in [3.05, 3.63) is 52.2 Å². The molecule has 0 aliphatic rings. The second kappa shape index (κ2) is 4.95. The van der Waals surface area contributed by atoms with Crippen molar-refractivity contribution in [1.29, 1.82) is 0 Å². The van der Waals surface area contributed by atoms with Crippen LogP contribution in [0, 0.1) is 10.1 Å². The Balaban J connectivity index is 1.95. The van der Waals surface area contributed by atoms with Gasteiger partial charge < -0.3 is 8.83 Å². The Labute approximate surface area is 100 Å². The van der Waals surface area contributed by atoms with Crippen LogP contribution >= 0.6 is 0 Å². The Kier molecular flexibility index (Phi) is 3.19. The summed E-state index contributed by atoms with van der Waals surface area (Å²) in [7, 11) is 0. The minimum atomic E-state index is -0.668. The fourth-order valence-electron chi connectivity index (χ4n) is 1.13. The molecule has 18 heavy (non-hydrogen) atoms. The molecule has 1 amide bonds. The van der Waals surface area contributed by atoms with Crippen molar-refractivity contribution in [1.82, 2.24) is 5.43 Å². The molecule has 1 N–H and O–H groups in total. The van der Waals surface area contributed by atoms with Gasteiger partial charge in [0.25, 0.3) is 0 Å². The van der Waals surface area contributed by atoms with Crippen LogP contribution in [0.4, 0.5) is 5.88 Å². The van der Waals surface area contributed by atoms with Crippen LogP contribution in [0.3, 0.4) is 0 Å². The topological polar surface area (TPSA) is 111 Å². The lowest BCUT2D eigenvalue weighted by Gasteiger charge is -1.93. The fraction of sp³-hybridized carbons (Fsp3) is 0. The van der Waals surface area contributed by atoms with Crippen molar-refractivity contribution in [3.63, 3.8) is 0 Å². The summed E-state index contributed by atoms with van der Waals surface area (Å²) in [5.74, 6) is -0.662. The van der Waals surface area contributed by atoms with Gasteiger partial charge in [0, 0.05) is 0 Å². The van der Waals surface area contributed by atoms with Crippen LogP contribution in [0.2, 0.25) is 0 Å². The summed E-state index contributed by atoms with van der Waals surface area (Å²) >= 11 is 0. The molecular weight excluding hydrogens is 242 g/mol. The largest absolute Gasteiger partial charge is 0.459 e. The van der Waals surface area contributed by atoms with Gasteiger partial charge in [0.15, 0.2) is 11.5 Å². The molecule has 0 aliphatic carbocycles. The SMILES string of the molecule is O=C(NN=Cc1ccc([N+](=O)[O-])o1)c1ccco1. The molecule has 0 aliphatic heterocycles. The molecule has 0 bridgehead atoms. The number of carbonyl (C=O) groups is 1. The molecule has 2 aromatic rings. The number of furan rings is 2. The second-order valence-electron chi connectivity index (χ2n) is 3.11. The Bertz CT molecular complexity index is 584. The van der Waals surface area contributed by atoms with Crippen LogP contribution in [0.15, 0.2) is 44.5 Å². The van der Waals surface area contributed by atoms with E-state index in [1.165, 1.54) is 24.5 Å². The van der Waals surface area contributed by atoms with E-state index >= 15 is 0 Å². The summed E-state index contributed by atoms with van der Waals surface area (Å²) < 4.78 is 9.63. The van der Waals surface area contributed by atoms with Gasteiger partial charge in [-0.25, -0.2) is 5.43 Å². The molecular formula is C10H7N3O5. The molecule has 8 nitrogen and oxygen atoms in total. The smallest absolute Gasteiger partial charge is 0.433 e. The van der Waals surface area contributed by atoms with Crippen LogP contribution in [0.1, 0.15) is 16.3 Å². The normalized spacial score (nSPS) is 10.7. The quantitative estimate of drug-likeness (QED) is 0.502. The number of rotatable bonds is 4. The van der Waals surface area contributed by atoms with E-state index in [2.05, 4.69) is 10.5 Å². The van der Waals surface area contributed by atoms with E-state index in [0.717, 1.165) is 6.21 Å². The average Bonchev–Trinajstić information content (AvgIpc) is 3.00. The van der Waals surface area contributed by atoms with Crippen molar-refractivity contribution in [2.24, 2.45) is 5.10 Å². The Morgan fingerprint density at radius 1 is 1.44 bits per heavy atom. The van der Waals surface area contributed by atoms with Crippen molar-refractivity contribution >= 4 is 18.0 Å². The lowest BCUT2D eigenvalue weighted by atomic mass is 10.4. The monoisotopic (exact) mass is 249 g/mol. The molecule has 0 unspecified atom stereocenters. The third kappa shape index (κ3) is 2.61. The van der Waals surface area contributed by atoms with E-state index in [4.69, 9.17) is 8.83 Å². The van der Waals surface area contributed by atoms with Crippen LogP contribution in [-0.4, -0.2) is 17.0 Å². The number of nitrogens with zero attached hydrogens (tertiary/aromatic N) is 2. The van der Waals surface area contributed by atoms with Gasteiger partial charge in [-0.1, -0.05) is 0 Å². The molecule has 0 fully saturated rings. The number of nitro groups is 1. The zero-order chi connectivity index (χ0) is 13.0. The van der Waals surface area contributed by atoms with Crippen molar-refractivity contribution in [2.45, 2.75) is 0 Å². The predicted octanol–water partition coefficient (Wildman–Crippen LogP) is 1.54. The highest BCUT2D eigenvalue weighted by Crippen LogP contribution is 2.13. The maximum absolute atomic E-state index is 11.4. The fourth-order valence-corrected chi connectivity index (χ4v) is 1.13. The molecule has 2 aromatic heterocycles.